The fourth-order valence-electron chi connectivity index (χ4n) is 1.86. The molecule has 0 aromatic heterocycles. The van der Waals surface area contributed by atoms with Gasteiger partial charge in [-0.05, 0) is 18.2 Å². The van der Waals surface area contributed by atoms with Crippen LogP contribution in [0.4, 0.5) is 5.69 Å². The van der Waals surface area contributed by atoms with E-state index in [4.69, 9.17) is 21.1 Å². The van der Waals surface area contributed by atoms with Gasteiger partial charge in [0.25, 0.3) is 5.69 Å². The van der Waals surface area contributed by atoms with Crippen LogP contribution in [0.1, 0.15) is 0 Å². The van der Waals surface area contributed by atoms with Crippen LogP contribution in [0.3, 0.4) is 0 Å². The van der Waals surface area contributed by atoms with E-state index < -0.39 is 4.92 Å². The van der Waals surface area contributed by atoms with Crippen molar-refractivity contribution < 1.29 is 14.4 Å². The number of nitrogens with zero attached hydrogens (tertiary/aromatic N) is 2. The van der Waals surface area contributed by atoms with E-state index >= 15 is 0 Å². The number of methoxy groups -OCH3 is 1. The summed E-state index contributed by atoms with van der Waals surface area (Å²) in [5, 5.41) is 10.8. The Bertz CT molecular complexity index is 574. The van der Waals surface area contributed by atoms with E-state index in [9.17, 15) is 10.1 Å². The monoisotopic (exact) mass is 310 g/mol. The summed E-state index contributed by atoms with van der Waals surface area (Å²) in [5.74, 6) is 0.798. The Morgan fingerprint density at radius 1 is 1.38 bits per heavy atom. The number of halogens is 1. The lowest BCUT2D eigenvalue weighted by Gasteiger charge is -2.25. The zero-order valence-electron chi connectivity index (χ0n) is 11.4. The molecule has 0 aliphatic carbocycles. The highest BCUT2D eigenvalue weighted by atomic mass is 35.5. The summed E-state index contributed by atoms with van der Waals surface area (Å²) in [5.41, 5.74) is -0.257. The lowest BCUT2D eigenvalue weighted by molar-refractivity contribution is -0.385. The SMILES string of the molecule is COc1ccc([N+](=O)[O-])cc1OCCN1C=CC=CC1Cl. The predicted molar refractivity (Wildman–Crippen MR) is 79.8 cm³/mol. The quantitative estimate of drug-likeness (QED) is 0.350. The second kappa shape index (κ2) is 6.99. The van der Waals surface area contributed by atoms with Crippen molar-refractivity contribution in [2.24, 2.45) is 0 Å². The largest absolute Gasteiger partial charge is 0.493 e. The van der Waals surface area contributed by atoms with Crippen LogP contribution in [0, 0.1) is 10.1 Å². The average molecular weight is 311 g/mol. The highest BCUT2D eigenvalue weighted by Gasteiger charge is 2.14. The molecule has 0 N–H and O–H groups in total. The van der Waals surface area contributed by atoms with Crippen LogP contribution in [-0.2, 0) is 0 Å². The van der Waals surface area contributed by atoms with Crippen LogP contribution < -0.4 is 9.47 Å². The molecule has 0 spiro atoms. The number of alkyl halides is 1. The molecule has 112 valence electrons. The summed E-state index contributed by atoms with van der Waals surface area (Å²) in [4.78, 5) is 12.2. The maximum Gasteiger partial charge on any atom is 0.273 e. The van der Waals surface area contributed by atoms with Gasteiger partial charge in [-0.3, -0.25) is 10.1 Å². The average Bonchev–Trinajstić information content (AvgIpc) is 2.49. The van der Waals surface area contributed by atoms with Crippen LogP contribution in [0.2, 0.25) is 0 Å². The van der Waals surface area contributed by atoms with Crippen molar-refractivity contribution in [2.45, 2.75) is 5.50 Å². The zero-order valence-corrected chi connectivity index (χ0v) is 12.2. The lowest BCUT2D eigenvalue weighted by atomic mass is 10.3. The maximum atomic E-state index is 10.8. The lowest BCUT2D eigenvalue weighted by Crippen LogP contribution is -2.30. The molecule has 0 saturated heterocycles. The van der Waals surface area contributed by atoms with Gasteiger partial charge in [0.1, 0.15) is 12.1 Å². The molecule has 1 aromatic carbocycles. The second-order valence-electron chi connectivity index (χ2n) is 4.28. The Morgan fingerprint density at radius 2 is 2.19 bits per heavy atom. The van der Waals surface area contributed by atoms with Gasteiger partial charge in [0.15, 0.2) is 11.5 Å². The molecule has 2 rings (SSSR count). The third-order valence-corrected chi connectivity index (χ3v) is 3.34. The normalized spacial score (nSPS) is 16.9. The minimum absolute atomic E-state index is 0.0400. The van der Waals surface area contributed by atoms with Gasteiger partial charge in [0, 0.05) is 12.3 Å². The van der Waals surface area contributed by atoms with Gasteiger partial charge in [-0.25, -0.2) is 0 Å². The van der Waals surface area contributed by atoms with E-state index in [0.29, 0.717) is 24.7 Å². The van der Waals surface area contributed by atoms with Crippen molar-refractivity contribution in [1.29, 1.82) is 0 Å². The van der Waals surface area contributed by atoms with Gasteiger partial charge in [-0.1, -0.05) is 17.7 Å². The minimum Gasteiger partial charge on any atom is -0.493 e. The van der Waals surface area contributed by atoms with Gasteiger partial charge in [-0.2, -0.15) is 0 Å². The van der Waals surface area contributed by atoms with Crippen molar-refractivity contribution >= 4 is 17.3 Å². The molecule has 1 aliphatic heterocycles. The van der Waals surface area contributed by atoms with Crippen LogP contribution >= 0.6 is 11.6 Å². The molecule has 1 atom stereocenters. The molecule has 1 aliphatic rings. The number of nitro benzene ring substituents is 1. The Kier molecular flexibility index (Phi) is 5.05. The topological polar surface area (TPSA) is 64.8 Å². The van der Waals surface area contributed by atoms with Gasteiger partial charge >= 0.3 is 0 Å². The van der Waals surface area contributed by atoms with Crippen molar-refractivity contribution in [3.8, 4) is 11.5 Å². The number of ether oxygens (including phenoxy) is 2. The minimum atomic E-state index is -0.473. The predicted octanol–water partition coefficient (Wildman–Crippen LogP) is 2.93. The first kappa shape index (κ1) is 15.2. The molecule has 0 amide bonds. The smallest absolute Gasteiger partial charge is 0.273 e. The summed E-state index contributed by atoms with van der Waals surface area (Å²) in [7, 11) is 1.49. The van der Waals surface area contributed by atoms with E-state index in [2.05, 4.69) is 0 Å². The first-order valence-electron chi connectivity index (χ1n) is 6.32. The number of non-ortho nitro benzene ring substituents is 1. The fourth-order valence-corrected chi connectivity index (χ4v) is 2.11. The Hall–Kier alpha value is -2.21. The van der Waals surface area contributed by atoms with E-state index in [-0.39, 0.29) is 11.2 Å². The fraction of sp³-hybridized carbons (Fsp3) is 0.286. The molecule has 0 fully saturated rings. The van der Waals surface area contributed by atoms with Crippen molar-refractivity contribution in [2.75, 3.05) is 20.3 Å². The van der Waals surface area contributed by atoms with Crippen molar-refractivity contribution in [3.05, 3.63) is 52.7 Å². The van der Waals surface area contributed by atoms with Crippen molar-refractivity contribution in [3.63, 3.8) is 0 Å². The maximum absolute atomic E-state index is 10.8. The van der Waals surface area contributed by atoms with Gasteiger partial charge in [0.05, 0.1) is 24.6 Å². The summed E-state index contributed by atoms with van der Waals surface area (Å²) >= 11 is 6.11. The molecule has 1 heterocycles. The number of benzene rings is 1. The van der Waals surface area contributed by atoms with E-state index in [1.807, 2.05) is 29.3 Å². The molecule has 1 unspecified atom stereocenters. The number of hydrogen-bond acceptors (Lipinski definition) is 5. The third-order valence-electron chi connectivity index (χ3n) is 2.94. The molecular formula is C14H15ClN2O4. The Balaban J connectivity index is 1.98. The molecule has 0 saturated carbocycles. The highest BCUT2D eigenvalue weighted by Crippen LogP contribution is 2.31. The van der Waals surface area contributed by atoms with Crippen LogP contribution in [0.5, 0.6) is 11.5 Å². The standard InChI is InChI=1S/C14H15ClN2O4/c1-20-12-6-5-11(17(18)19)10-13(12)21-9-8-16-7-3-2-4-14(16)15/h2-7,10,14H,8-9H2,1H3. The number of rotatable bonds is 6. The third kappa shape index (κ3) is 3.88. The molecular weight excluding hydrogens is 296 g/mol. The van der Waals surface area contributed by atoms with Crippen molar-refractivity contribution in [1.82, 2.24) is 4.90 Å². The van der Waals surface area contributed by atoms with Crippen LogP contribution in [0.15, 0.2) is 42.6 Å². The summed E-state index contributed by atoms with van der Waals surface area (Å²) in [6, 6.07) is 4.24. The molecule has 6 nitrogen and oxygen atoms in total. The Labute approximate surface area is 127 Å². The zero-order chi connectivity index (χ0) is 15.2. The number of allylic oxidation sites excluding steroid dienone is 2. The van der Waals surface area contributed by atoms with Crippen LogP contribution in [0.25, 0.3) is 0 Å². The van der Waals surface area contributed by atoms with Gasteiger partial charge in [0.2, 0.25) is 0 Å². The first-order chi connectivity index (χ1) is 10.1. The second-order valence-corrected chi connectivity index (χ2v) is 4.72. The summed E-state index contributed by atoms with van der Waals surface area (Å²) in [6.45, 7) is 0.889. The number of hydrogen-bond donors (Lipinski definition) is 0. The van der Waals surface area contributed by atoms with E-state index in [0.717, 1.165) is 0 Å². The highest BCUT2D eigenvalue weighted by molar-refractivity contribution is 6.21. The molecule has 21 heavy (non-hydrogen) atoms. The Morgan fingerprint density at radius 3 is 2.86 bits per heavy atom. The molecule has 7 heteroatoms. The summed E-state index contributed by atoms with van der Waals surface area (Å²) in [6.07, 6.45) is 7.48. The number of nitro groups is 1. The molecule has 1 aromatic rings. The van der Waals surface area contributed by atoms with Gasteiger partial charge in [-0.15, -0.1) is 0 Å². The summed E-state index contributed by atoms with van der Waals surface area (Å²) < 4.78 is 10.7. The first-order valence-corrected chi connectivity index (χ1v) is 6.75. The molecule has 0 radical (unpaired) electrons. The van der Waals surface area contributed by atoms with E-state index in [1.54, 1.807) is 0 Å². The van der Waals surface area contributed by atoms with Crippen LogP contribution in [-0.4, -0.2) is 35.6 Å². The van der Waals surface area contributed by atoms with Gasteiger partial charge < -0.3 is 14.4 Å². The molecule has 0 bridgehead atoms. The van der Waals surface area contributed by atoms with E-state index in [1.165, 1.54) is 25.3 Å².